The van der Waals surface area contributed by atoms with Gasteiger partial charge in [-0.15, -0.1) is 0 Å². The molecule has 0 unspecified atom stereocenters. The van der Waals surface area contributed by atoms with Gasteiger partial charge in [-0.3, -0.25) is 19.1 Å². The van der Waals surface area contributed by atoms with Crippen LogP contribution in [0.2, 0.25) is 0 Å². The lowest BCUT2D eigenvalue weighted by molar-refractivity contribution is -0.132. The molecular formula is C30H42N8O3. The molecule has 0 bridgehead atoms. The van der Waals surface area contributed by atoms with Crippen LogP contribution in [0.4, 0.5) is 0 Å². The highest BCUT2D eigenvalue weighted by Gasteiger charge is 2.30. The molecular weight excluding hydrogens is 520 g/mol. The molecule has 2 atom stereocenters. The Bertz CT molecular complexity index is 1350. The van der Waals surface area contributed by atoms with Crippen molar-refractivity contribution >= 4 is 17.7 Å². The van der Waals surface area contributed by atoms with E-state index in [1.807, 2.05) is 75.7 Å². The Morgan fingerprint density at radius 2 is 1.78 bits per heavy atom. The normalized spacial score (nSPS) is 18.9. The molecule has 41 heavy (non-hydrogen) atoms. The summed E-state index contributed by atoms with van der Waals surface area (Å²) in [6.45, 7) is 11.5. The maximum absolute atomic E-state index is 13.6. The summed E-state index contributed by atoms with van der Waals surface area (Å²) in [5.41, 5.74) is 2.89. The number of amides is 3. The second-order valence-corrected chi connectivity index (χ2v) is 11.2. The molecule has 0 aliphatic carbocycles. The second-order valence-electron chi connectivity index (χ2n) is 11.2. The molecule has 2 aromatic heterocycles. The van der Waals surface area contributed by atoms with Crippen molar-refractivity contribution in [1.82, 2.24) is 40.1 Å². The van der Waals surface area contributed by atoms with Crippen molar-refractivity contribution in [2.45, 2.75) is 85.5 Å². The number of carbonyl (C=O) groups is 3. The molecule has 0 saturated heterocycles. The van der Waals surface area contributed by atoms with Gasteiger partial charge < -0.3 is 15.5 Å². The third kappa shape index (κ3) is 8.02. The van der Waals surface area contributed by atoms with Gasteiger partial charge in [0.2, 0.25) is 17.7 Å². The fourth-order valence-corrected chi connectivity index (χ4v) is 5.24. The zero-order chi connectivity index (χ0) is 29.5. The lowest BCUT2D eigenvalue weighted by Gasteiger charge is -2.28. The van der Waals surface area contributed by atoms with Crippen LogP contribution in [0.25, 0.3) is 0 Å². The lowest BCUT2D eigenvalue weighted by atomic mass is 10.0. The number of nitrogens with zero attached hydrogens (tertiary/aromatic N) is 6. The van der Waals surface area contributed by atoms with Crippen LogP contribution in [-0.2, 0) is 33.9 Å². The summed E-state index contributed by atoms with van der Waals surface area (Å²) in [6, 6.07) is 10.5. The van der Waals surface area contributed by atoms with Crippen molar-refractivity contribution < 1.29 is 14.4 Å². The summed E-state index contributed by atoms with van der Waals surface area (Å²) < 4.78 is 3.66. The lowest BCUT2D eigenvalue weighted by Crippen LogP contribution is -2.50. The standard InChI is InChI=1S/C30H42N8O3/c1-20(2)28-29-31-23(5)35-38(29)17-16-36(27(40)13-15-37-22(4)18-21(3)34-37)14-9-12-26(39)32-25(30(41)33-28)19-24-10-7-6-8-11-24/h6-8,10-11,18,20,25,28H,9,12-17,19H2,1-5H3,(H,32,39)(H,33,41)/t25-,28+/m0/s1. The third-order valence-electron chi connectivity index (χ3n) is 7.39. The molecule has 11 nitrogen and oxygen atoms in total. The first-order chi connectivity index (χ1) is 19.6. The minimum atomic E-state index is -0.745. The Morgan fingerprint density at radius 1 is 1.02 bits per heavy atom. The van der Waals surface area contributed by atoms with E-state index in [0.717, 1.165) is 17.0 Å². The van der Waals surface area contributed by atoms with Gasteiger partial charge in [-0.05, 0) is 44.7 Å². The Balaban J connectivity index is 1.58. The van der Waals surface area contributed by atoms with Crippen LogP contribution in [-0.4, -0.2) is 66.3 Å². The van der Waals surface area contributed by atoms with Crippen LogP contribution in [0, 0.1) is 26.7 Å². The Labute approximate surface area is 241 Å². The number of aromatic nitrogens is 5. The largest absolute Gasteiger partial charge is 0.344 e. The SMILES string of the molecule is Cc1cc(C)n(CCC(=O)N2CCCC(=O)N[C@@H](Cc3ccccc3)C(=O)N[C@H](C(C)C)c3nc(C)nn3CC2)n1. The predicted molar refractivity (Wildman–Crippen MR) is 155 cm³/mol. The highest BCUT2D eigenvalue weighted by Crippen LogP contribution is 2.21. The molecule has 1 aromatic carbocycles. The van der Waals surface area contributed by atoms with Gasteiger partial charge >= 0.3 is 0 Å². The summed E-state index contributed by atoms with van der Waals surface area (Å²) >= 11 is 0. The van der Waals surface area contributed by atoms with Gasteiger partial charge in [0.15, 0.2) is 0 Å². The van der Waals surface area contributed by atoms with Crippen LogP contribution in [0.15, 0.2) is 36.4 Å². The van der Waals surface area contributed by atoms with Crippen LogP contribution in [0.1, 0.15) is 67.8 Å². The molecule has 3 amide bonds. The third-order valence-corrected chi connectivity index (χ3v) is 7.39. The molecule has 2 N–H and O–H groups in total. The first kappa shape index (κ1) is 30.0. The maximum atomic E-state index is 13.6. The quantitative estimate of drug-likeness (QED) is 0.476. The van der Waals surface area contributed by atoms with Gasteiger partial charge in [0.05, 0.1) is 18.3 Å². The summed E-state index contributed by atoms with van der Waals surface area (Å²) in [5, 5.41) is 15.2. The average Bonchev–Trinajstić information content (AvgIpc) is 3.46. The summed E-state index contributed by atoms with van der Waals surface area (Å²) in [5.74, 6) is 0.780. The number of nitrogens with one attached hydrogen (secondary N) is 2. The van der Waals surface area contributed by atoms with E-state index in [9.17, 15) is 14.4 Å². The van der Waals surface area contributed by atoms with Gasteiger partial charge in [0.1, 0.15) is 17.7 Å². The van der Waals surface area contributed by atoms with Gasteiger partial charge in [-0.2, -0.15) is 10.2 Å². The molecule has 220 valence electrons. The van der Waals surface area contributed by atoms with Crippen molar-refractivity contribution in [2.24, 2.45) is 5.92 Å². The van der Waals surface area contributed by atoms with Gasteiger partial charge in [-0.25, -0.2) is 9.67 Å². The Morgan fingerprint density at radius 3 is 2.46 bits per heavy atom. The molecule has 0 radical (unpaired) electrons. The topological polar surface area (TPSA) is 127 Å². The molecule has 3 heterocycles. The van der Waals surface area contributed by atoms with Crippen molar-refractivity contribution in [1.29, 1.82) is 0 Å². The molecule has 0 spiro atoms. The zero-order valence-electron chi connectivity index (χ0n) is 24.8. The van der Waals surface area contributed by atoms with Gasteiger partial charge in [0.25, 0.3) is 0 Å². The summed E-state index contributed by atoms with van der Waals surface area (Å²) in [7, 11) is 0. The van der Waals surface area contributed by atoms with Crippen LogP contribution >= 0.6 is 0 Å². The van der Waals surface area contributed by atoms with E-state index in [4.69, 9.17) is 0 Å². The fourth-order valence-electron chi connectivity index (χ4n) is 5.24. The van der Waals surface area contributed by atoms with E-state index in [2.05, 4.69) is 25.8 Å². The fraction of sp³-hybridized carbons (Fsp3) is 0.533. The average molecular weight is 563 g/mol. The van der Waals surface area contributed by atoms with Crippen molar-refractivity contribution in [3.63, 3.8) is 0 Å². The van der Waals surface area contributed by atoms with E-state index in [1.54, 1.807) is 9.58 Å². The Hall–Kier alpha value is -4.02. The molecule has 4 rings (SSSR count). The number of hydrogen-bond donors (Lipinski definition) is 2. The molecule has 0 fully saturated rings. The van der Waals surface area contributed by atoms with E-state index < -0.39 is 12.1 Å². The maximum Gasteiger partial charge on any atom is 0.243 e. The first-order valence-corrected chi connectivity index (χ1v) is 14.4. The van der Waals surface area contributed by atoms with Crippen molar-refractivity contribution in [2.75, 3.05) is 13.1 Å². The zero-order valence-corrected chi connectivity index (χ0v) is 24.8. The van der Waals surface area contributed by atoms with E-state index in [1.165, 1.54) is 0 Å². The smallest absolute Gasteiger partial charge is 0.243 e. The number of fused-ring (bicyclic) bond motifs is 1. The van der Waals surface area contributed by atoms with Crippen LogP contribution in [0.5, 0.6) is 0 Å². The number of rotatable bonds is 6. The summed E-state index contributed by atoms with van der Waals surface area (Å²) in [6.07, 6.45) is 1.36. The Kier molecular flexibility index (Phi) is 9.91. The summed E-state index contributed by atoms with van der Waals surface area (Å²) in [4.78, 5) is 46.4. The van der Waals surface area contributed by atoms with E-state index in [0.29, 0.717) is 57.1 Å². The van der Waals surface area contributed by atoms with Gasteiger partial charge in [0, 0.05) is 44.6 Å². The number of hydrogen-bond acceptors (Lipinski definition) is 6. The predicted octanol–water partition coefficient (Wildman–Crippen LogP) is 2.65. The monoisotopic (exact) mass is 562 g/mol. The highest BCUT2D eigenvalue weighted by atomic mass is 16.2. The number of aryl methyl sites for hydroxylation is 4. The van der Waals surface area contributed by atoms with E-state index in [-0.39, 0.29) is 30.1 Å². The minimum Gasteiger partial charge on any atom is -0.344 e. The first-order valence-electron chi connectivity index (χ1n) is 14.4. The minimum absolute atomic E-state index is 0.000825. The van der Waals surface area contributed by atoms with Crippen molar-refractivity contribution in [3.05, 3.63) is 65.0 Å². The molecule has 1 aliphatic heterocycles. The van der Waals surface area contributed by atoms with Gasteiger partial charge in [-0.1, -0.05) is 44.2 Å². The van der Waals surface area contributed by atoms with Crippen LogP contribution < -0.4 is 10.6 Å². The highest BCUT2D eigenvalue weighted by molar-refractivity contribution is 5.88. The molecule has 11 heteroatoms. The molecule has 0 saturated carbocycles. The molecule has 1 aliphatic rings. The van der Waals surface area contributed by atoms with Crippen molar-refractivity contribution in [3.8, 4) is 0 Å². The van der Waals surface area contributed by atoms with E-state index >= 15 is 0 Å². The molecule has 3 aromatic rings. The number of benzene rings is 1. The van der Waals surface area contributed by atoms with Crippen LogP contribution in [0.3, 0.4) is 0 Å². The number of carbonyl (C=O) groups excluding carboxylic acids is 3. The second kappa shape index (κ2) is 13.6.